The quantitative estimate of drug-likeness (QED) is 0.232. The van der Waals surface area contributed by atoms with Crippen LogP contribution in [0, 0.1) is 29.5 Å². The molecule has 0 aliphatic heterocycles. The smallest absolute Gasteiger partial charge is 0.435 e. The number of rotatable bonds is 8. The van der Waals surface area contributed by atoms with E-state index in [0.29, 0.717) is 11.2 Å². The van der Waals surface area contributed by atoms with Gasteiger partial charge in [0.25, 0.3) is 0 Å². The van der Waals surface area contributed by atoms with Gasteiger partial charge in [-0.15, -0.1) is 0 Å². The van der Waals surface area contributed by atoms with Gasteiger partial charge >= 0.3 is 12.1 Å². The Morgan fingerprint density at radius 3 is 2.56 bits per heavy atom. The van der Waals surface area contributed by atoms with Crippen LogP contribution in [-0.2, 0) is 19.0 Å². The van der Waals surface area contributed by atoms with Crippen LogP contribution in [0.25, 0.3) is 28.4 Å². The number of carbonyl (C=O) groups is 2. The molecule has 0 unspecified atom stereocenters. The molecule has 4 aromatic heterocycles. The predicted molar refractivity (Wildman–Crippen MR) is 140 cm³/mol. The third-order valence-electron chi connectivity index (χ3n) is 7.71. The first-order valence-corrected chi connectivity index (χ1v) is 13.4. The standard InChI is InChI=1S/C27H27F2N7O5/c1-2-39-27(38)41-13-40-26(37)18-14-5-7-15(8-6-14)20(18)33-23-19(29)25(36-9-3-4-10-36)35-22(34-23)16-11-30-24-21(16)32-17(28)12-31-24/h3-4,9-12,14-15,18,20H,2,5-8,13H2,1H3,(H,30,31)(H,33,34,35)/t14?,15?,18-,20-/m0/s1. The molecule has 2 atom stereocenters. The van der Waals surface area contributed by atoms with E-state index in [-0.39, 0.29) is 41.4 Å². The summed E-state index contributed by atoms with van der Waals surface area (Å²) in [4.78, 5) is 44.5. The van der Waals surface area contributed by atoms with Crippen LogP contribution in [0.3, 0.4) is 0 Å². The van der Waals surface area contributed by atoms with Crippen molar-refractivity contribution in [3.05, 3.63) is 48.7 Å². The second kappa shape index (κ2) is 11.1. The number of halogens is 2. The maximum atomic E-state index is 16.0. The highest BCUT2D eigenvalue weighted by Crippen LogP contribution is 2.47. The molecule has 0 radical (unpaired) electrons. The molecule has 2 bridgehead atoms. The van der Waals surface area contributed by atoms with Gasteiger partial charge in [0, 0.05) is 24.6 Å². The lowest BCUT2D eigenvalue weighted by Crippen LogP contribution is -2.52. The molecule has 214 valence electrons. The largest absolute Gasteiger partial charge is 0.511 e. The number of hydrogen-bond acceptors (Lipinski definition) is 10. The van der Waals surface area contributed by atoms with Crippen molar-refractivity contribution in [2.75, 3.05) is 18.7 Å². The molecule has 14 heteroatoms. The third kappa shape index (κ3) is 5.16. The Bertz CT molecular complexity index is 1570. The van der Waals surface area contributed by atoms with Gasteiger partial charge < -0.3 is 29.1 Å². The average Bonchev–Trinajstić information content (AvgIpc) is 3.65. The van der Waals surface area contributed by atoms with Gasteiger partial charge in [-0.2, -0.15) is 8.78 Å². The first-order valence-electron chi connectivity index (χ1n) is 13.4. The number of anilines is 1. The molecule has 3 aliphatic rings. The summed E-state index contributed by atoms with van der Waals surface area (Å²) in [6.07, 6.45) is 8.23. The lowest BCUT2D eigenvalue weighted by atomic mass is 9.61. The van der Waals surface area contributed by atoms with Crippen molar-refractivity contribution in [2.24, 2.45) is 17.8 Å². The van der Waals surface area contributed by atoms with Crippen LogP contribution in [0.5, 0.6) is 0 Å². The fraction of sp³-hybridized carbons (Fsp3) is 0.407. The molecule has 7 rings (SSSR count). The van der Waals surface area contributed by atoms with E-state index >= 15 is 4.39 Å². The minimum Gasteiger partial charge on any atom is -0.435 e. The maximum Gasteiger partial charge on any atom is 0.511 e. The Kier molecular flexibility index (Phi) is 7.20. The number of hydrogen-bond donors (Lipinski definition) is 2. The van der Waals surface area contributed by atoms with Crippen LogP contribution in [0.15, 0.2) is 36.9 Å². The van der Waals surface area contributed by atoms with E-state index in [1.54, 1.807) is 31.5 Å². The van der Waals surface area contributed by atoms with Gasteiger partial charge in [0.05, 0.1) is 24.3 Å². The molecule has 41 heavy (non-hydrogen) atoms. The average molecular weight is 568 g/mol. The number of nitrogens with one attached hydrogen (secondary N) is 2. The molecule has 0 saturated heterocycles. The normalized spacial score (nSPS) is 21.5. The summed E-state index contributed by atoms with van der Waals surface area (Å²) in [5.74, 6) is -2.67. The number of fused-ring (bicyclic) bond motifs is 4. The second-order valence-corrected chi connectivity index (χ2v) is 10.00. The van der Waals surface area contributed by atoms with Crippen molar-refractivity contribution in [2.45, 2.75) is 38.6 Å². The second-order valence-electron chi connectivity index (χ2n) is 10.00. The Hall–Kier alpha value is -4.62. The summed E-state index contributed by atoms with van der Waals surface area (Å²) in [6.45, 7) is 1.18. The van der Waals surface area contributed by atoms with Gasteiger partial charge in [0.2, 0.25) is 18.6 Å². The summed E-state index contributed by atoms with van der Waals surface area (Å²) < 4.78 is 46.3. The monoisotopic (exact) mass is 567 g/mol. The Labute approximate surface area is 232 Å². The zero-order valence-electron chi connectivity index (χ0n) is 22.0. The summed E-state index contributed by atoms with van der Waals surface area (Å²) in [5, 5.41) is 3.20. The highest BCUT2D eigenvalue weighted by atomic mass is 19.1. The van der Waals surface area contributed by atoms with Crippen molar-refractivity contribution >= 4 is 29.1 Å². The first kappa shape index (κ1) is 26.6. The molecule has 12 nitrogen and oxygen atoms in total. The number of nitrogens with zero attached hydrogens (tertiary/aromatic N) is 5. The van der Waals surface area contributed by atoms with Crippen LogP contribution in [-0.4, -0.2) is 61.1 Å². The number of aromatic nitrogens is 6. The van der Waals surface area contributed by atoms with Gasteiger partial charge in [-0.1, -0.05) is 0 Å². The summed E-state index contributed by atoms with van der Waals surface area (Å²) in [7, 11) is 0. The summed E-state index contributed by atoms with van der Waals surface area (Å²) in [5.41, 5.74) is 0.852. The van der Waals surface area contributed by atoms with E-state index in [4.69, 9.17) is 14.2 Å². The number of ether oxygens (including phenoxy) is 3. The fourth-order valence-corrected chi connectivity index (χ4v) is 5.88. The van der Waals surface area contributed by atoms with E-state index in [1.807, 2.05) is 0 Å². The van der Waals surface area contributed by atoms with Crippen molar-refractivity contribution in [3.8, 4) is 17.2 Å². The minimum atomic E-state index is -0.935. The van der Waals surface area contributed by atoms with Crippen LogP contribution in [0.1, 0.15) is 32.6 Å². The third-order valence-corrected chi connectivity index (χ3v) is 7.71. The van der Waals surface area contributed by atoms with Crippen LogP contribution < -0.4 is 5.32 Å². The van der Waals surface area contributed by atoms with Crippen LogP contribution in [0.2, 0.25) is 0 Å². The summed E-state index contributed by atoms with van der Waals surface area (Å²) in [6, 6.07) is 2.96. The van der Waals surface area contributed by atoms with E-state index in [9.17, 15) is 14.0 Å². The minimum absolute atomic E-state index is 0.00717. The molecule has 3 saturated carbocycles. The number of aromatic amines is 1. The van der Waals surface area contributed by atoms with Crippen LogP contribution >= 0.6 is 0 Å². The molecular formula is C27H27F2N7O5. The van der Waals surface area contributed by atoms with E-state index in [1.165, 1.54) is 10.8 Å². The van der Waals surface area contributed by atoms with E-state index in [0.717, 1.165) is 31.9 Å². The fourth-order valence-electron chi connectivity index (χ4n) is 5.88. The molecular weight excluding hydrogens is 540 g/mol. The topological polar surface area (TPSA) is 146 Å². The van der Waals surface area contributed by atoms with Gasteiger partial charge in [-0.25, -0.2) is 24.7 Å². The Balaban J connectivity index is 1.35. The Morgan fingerprint density at radius 1 is 1.05 bits per heavy atom. The van der Waals surface area contributed by atoms with E-state index < -0.39 is 42.6 Å². The van der Waals surface area contributed by atoms with Crippen molar-refractivity contribution in [1.29, 1.82) is 0 Å². The molecule has 0 amide bonds. The zero-order valence-corrected chi connectivity index (χ0v) is 22.0. The predicted octanol–water partition coefficient (Wildman–Crippen LogP) is 4.37. The van der Waals surface area contributed by atoms with Gasteiger partial charge in [0.1, 0.15) is 5.52 Å². The van der Waals surface area contributed by atoms with Crippen LogP contribution in [0.4, 0.5) is 19.4 Å². The maximum absolute atomic E-state index is 16.0. The van der Waals surface area contributed by atoms with E-state index in [2.05, 4.69) is 30.2 Å². The SMILES string of the molecule is CCOC(=O)OCOC(=O)[C@H]1C2CCC(CC2)[C@@H]1Nc1nc(-c2c[nH]c3ncc(F)nc23)nc(-n2cccc2)c1F. The van der Waals surface area contributed by atoms with Gasteiger partial charge in [0.15, 0.2) is 23.1 Å². The highest BCUT2D eigenvalue weighted by Gasteiger charge is 2.48. The number of esters is 1. The zero-order chi connectivity index (χ0) is 28.5. The summed E-state index contributed by atoms with van der Waals surface area (Å²) >= 11 is 0. The molecule has 3 aliphatic carbocycles. The Morgan fingerprint density at radius 2 is 1.80 bits per heavy atom. The van der Waals surface area contributed by atoms with Gasteiger partial charge in [-0.05, 0) is 56.6 Å². The molecule has 3 fully saturated rings. The first-order chi connectivity index (χ1) is 19.9. The van der Waals surface area contributed by atoms with Gasteiger partial charge in [-0.3, -0.25) is 4.79 Å². The molecule has 4 heterocycles. The lowest BCUT2D eigenvalue weighted by molar-refractivity contribution is -0.164. The number of carbonyl (C=O) groups excluding carboxylic acids is 2. The molecule has 0 spiro atoms. The highest BCUT2D eigenvalue weighted by molar-refractivity contribution is 5.88. The number of H-pyrrole nitrogens is 1. The molecule has 0 aromatic carbocycles. The lowest BCUT2D eigenvalue weighted by Gasteiger charge is -2.47. The molecule has 2 N–H and O–H groups in total. The van der Waals surface area contributed by atoms with Crippen molar-refractivity contribution < 1.29 is 32.6 Å². The van der Waals surface area contributed by atoms with Crippen molar-refractivity contribution in [3.63, 3.8) is 0 Å². The van der Waals surface area contributed by atoms with Crippen molar-refractivity contribution in [1.82, 2.24) is 29.5 Å². The molecule has 4 aromatic rings.